The first kappa shape index (κ1) is 25.6. The molecule has 14 heteroatoms. The van der Waals surface area contributed by atoms with Crippen LogP contribution in [-0.2, 0) is 25.7 Å². The van der Waals surface area contributed by atoms with Gasteiger partial charge in [0.15, 0.2) is 17.0 Å². The van der Waals surface area contributed by atoms with Crippen LogP contribution < -0.4 is 11.2 Å². The van der Waals surface area contributed by atoms with Crippen molar-refractivity contribution < 1.29 is 22.1 Å². The minimum Gasteiger partial charge on any atom is -0.334 e. The Morgan fingerprint density at radius 3 is 2.53 bits per heavy atom. The Kier molecular flexibility index (Phi) is 7.29. The Morgan fingerprint density at radius 2 is 1.83 bits per heavy atom. The molecule has 192 valence electrons. The summed E-state index contributed by atoms with van der Waals surface area (Å²) in [6.45, 7) is 2.49. The number of aromatic amines is 1. The molecule has 0 atom stereocenters. The lowest BCUT2D eigenvalue weighted by atomic mass is 10.1. The summed E-state index contributed by atoms with van der Waals surface area (Å²) in [6, 6.07) is 2.04. The van der Waals surface area contributed by atoms with E-state index < -0.39 is 28.8 Å². The zero-order chi connectivity index (χ0) is 26.0. The average Bonchev–Trinajstić information content (AvgIpc) is 3.44. The van der Waals surface area contributed by atoms with E-state index in [0.29, 0.717) is 25.5 Å². The number of aryl methyl sites for hydroxylation is 2. The number of nitrogens with zero attached hydrogens (tertiary/aromatic N) is 5. The van der Waals surface area contributed by atoms with Crippen molar-refractivity contribution in [2.24, 2.45) is 0 Å². The number of unbranched alkanes of at least 4 members (excludes halogenated alkanes) is 2. The normalized spacial score (nSPS) is 12.1. The number of halogens is 5. The Hall–Kier alpha value is -3.48. The lowest BCUT2D eigenvalue weighted by Crippen LogP contribution is -2.40. The Morgan fingerprint density at radius 1 is 1.08 bits per heavy atom. The maximum absolute atomic E-state index is 14.2. The molecule has 4 rings (SSSR count). The third-order valence-corrected chi connectivity index (χ3v) is 5.77. The number of H-pyrrole nitrogens is 1. The van der Waals surface area contributed by atoms with Gasteiger partial charge in [-0.05, 0) is 49.1 Å². The molecule has 9 nitrogen and oxygen atoms in total. The molecule has 0 spiro atoms. The van der Waals surface area contributed by atoms with Gasteiger partial charge in [0.2, 0.25) is 5.28 Å². The smallest absolute Gasteiger partial charge is 0.334 e. The van der Waals surface area contributed by atoms with Crippen LogP contribution in [0.15, 0.2) is 32.3 Å². The molecule has 0 amide bonds. The fourth-order valence-electron chi connectivity index (χ4n) is 3.74. The first-order valence-corrected chi connectivity index (χ1v) is 11.6. The zero-order valence-corrected chi connectivity index (χ0v) is 19.8. The maximum Gasteiger partial charge on any atom is 0.416 e. The summed E-state index contributed by atoms with van der Waals surface area (Å²) >= 11 is 5.92. The van der Waals surface area contributed by atoms with Crippen LogP contribution in [0.5, 0.6) is 0 Å². The van der Waals surface area contributed by atoms with Gasteiger partial charge in [0.05, 0.1) is 11.1 Å². The topological polar surface area (TPSA) is 112 Å². The summed E-state index contributed by atoms with van der Waals surface area (Å²) in [5, 5.41) is 3.75. The first-order chi connectivity index (χ1) is 17.1. The summed E-state index contributed by atoms with van der Waals surface area (Å²) in [4.78, 5) is 36.6. The van der Waals surface area contributed by atoms with E-state index in [1.54, 1.807) is 0 Å². The molecule has 0 aliphatic rings. The second kappa shape index (κ2) is 10.2. The SMILES string of the molecule is CCCCn1c(=O)n(CCCCc2noc(-c3ccc(C(F)(F)F)cc3F)n2)c(=O)c2[nH]c(Cl)nc21. The summed E-state index contributed by atoms with van der Waals surface area (Å²) in [6.07, 6.45) is -1.96. The molecule has 3 aromatic heterocycles. The number of alkyl halides is 3. The number of fused-ring (bicyclic) bond motifs is 1. The van der Waals surface area contributed by atoms with Gasteiger partial charge in [-0.25, -0.2) is 9.18 Å². The monoisotopic (exact) mass is 528 g/mol. The standard InChI is InChI=1S/C22H21ClF4N6O3/c1-2-3-9-32-17-16(29-20(23)30-17)19(34)33(21(32)35)10-5-4-6-15-28-18(36-31-15)13-8-7-12(11-14(13)24)22(25,26)27/h7-8,11H,2-6,9-10H2,1H3,(H,29,30). The van der Waals surface area contributed by atoms with Crippen LogP contribution >= 0.6 is 11.6 Å². The molecule has 0 saturated heterocycles. The third kappa shape index (κ3) is 5.20. The minimum absolute atomic E-state index is 0.0156. The van der Waals surface area contributed by atoms with Crippen molar-refractivity contribution in [1.29, 1.82) is 0 Å². The van der Waals surface area contributed by atoms with Crippen LogP contribution in [-0.4, -0.2) is 29.2 Å². The number of aromatic nitrogens is 6. The molecule has 4 aromatic rings. The molecule has 1 N–H and O–H groups in total. The van der Waals surface area contributed by atoms with Crippen molar-refractivity contribution >= 4 is 22.8 Å². The van der Waals surface area contributed by atoms with E-state index in [4.69, 9.17) is 16.1 Å². The highest BCUT2D eigenvalue weighted by Gasteiger charge is 2.31. The van der Waals surface area contributed by atoms with E-state index in [0.717, 1.165) is 29.5 Å². The van der Waals surface area contributed by atoms with Gasteiger partial charge in [0.25, 0.3) is 11.4 Å². The van der Waals surface area contributed by atoms with Gasteiger partial charge in [-0.15, -0.1) is 0 Å². The van der Waals surface area contributed by atoms with Crippen LogP contribution in [0.4, 0.5) is 17.6 Å². The minimum atomic E-state index is -4.67. The molecule has 36 heavy (non-hydrogen) atoms. The van der Waals surface area contributed by atoms with Crippen molar-refractivity contribution in [2.75, 3.05) is 0 Å². The lowest BCUT2D eigenvalue weighted by molar-refractivity contribution is -0.137. The molecule has 0 aliphatic carbocycles. The van der Waals surface area contributed by atoms with Gasteiger partial charge in [0, 0.05) is 19.5 Å². The molecule has 3 heterocycles. The summed E-state index contributed by atoms with van der Waals surface area (Å²) in [5.41, 5.74) is -2.01. The quantitative estimate of drug-likeness (QED) is 0.193. The highest BCUT2D eigenvalue weighted by Crippen LogP contribution is 2.32. The first-order valence-electron chi connectivity index (χ1n) is 11.2. The molecular formula is C22H21ClF4N6O3. The van der Waals surface area contributed by atoms with Crippen LogP contribution in [0.3, 0.4) is 0 Å². The third-order valence-electron chi connectivity index (χ3n) is 5.59. The van der Waals surface area contributed by atoms with E-state index in [2.05, 4.69) is 20.1 Å². The van der Waals surface area contributed by atoms with Crippen molar-refractivity contribution in [3.8, 4) is 11.5 Å². The zero-order valence-electron chi connectivity index (χ0n) is 19.0. The molecular weight excluding hydrogens is 508 g/mol. The van der Waals surface area contributed by atoms with Gasteiger partial charge in [-0.1, -0.05) is 18.5 Å². The van der Waals surface area contributed by atoms with Crippen molar-refractivity contribution in [3.63, 3.8) is 0 Å². The number of imidazole rings is 1. The Bertz CT molecular complexity index is 1500. The number of benzene rings is 1. The number of nitrogens with one attached hydrogen (secondary N) is 1. The molecule has 0 radical (unpaired) electrons. The highest BCUT2D eigenvalue weighted by atomic mass is 35.5. The predicted molar refractivity (Wildman–Crippen MR) is 122 cm³/mol. The van der Waals surface area contributed by atoms with Gasteiger partial charge in [-0.2, -0.15) is 23.1 Å². The van der Waals surface area contributed by atoms with Crippen molar-refractivity contribution in [1.82, 2.24) is 29.2 Å². The predicted octanol–water partition coefficient (Wildman–Crippen LogP) is 4.57. The summed E-state index contributed by atoms with van der Waals surface area (Å²) in [7, 11) is 0. The molecule has 0 unspecified atom stereocenters. The van der Waals surface area contributed by atoms with Crippen LogP contribution in [0.1, 0.15) is 44.0 Å². The molecule has 0 fully saturated rings. The van der Waals surface area contributed by atoms with Gasteiger partial charge < -0.3 is 9.51 Å². The summed E-state index contributed by atoms with van der Waals surface area (Å²) in [5.74, 6) is -1.16. The van der Waals surface area contributed by atoms with E-state index in [-0.39, 0.29) is 46.7 Å². The van der Waals surface area contributed by atoms with E-state index >= 15 is 0 Å². The number of hydrogen-bond donors (Lipinski definition) is 1. The van der Waals surface area contributed by atoms with E-state index in [9.17, 15) is 27.2 Å². The van der Waals surface area contributed by atoms with Crippen molar-refractivity contribution in [2.45, 2.75) is 58.3 Å². The fraction of sp³-hybridized carbons (Fsp3) is 0.409. The van der Waals surface area contributed by atoms with Gasteiger partial charge >= 0.3 is 11.9 Å². The van der Waals surface area contributed by atoms with E-state index in [1.165, 1.54) is 4.57 Å². The Labute approximate surface area is 205 Å². The van der Waals surface area contributed by atoms with Crippen LogP contribution in [0.25, 0.3) is 22.6 Å². The average molecular weight is 529 g/mol. The summed E-state index contributed by atoms with van der Waals surface area (Å²) < 4.78 is 59.9. The van der Waals surface area contributed by atoms with Gasteiger partial charge in [0.1, 0.15) is 5.82 Å². The molecule has 1 aromatic carbocycles. The van der Waals surface area contributed by atoms with E-state index in [1.807, 2.05) is 6.92 Å². The maximum atomic E-state index is 14.2. The van der Waals surface area contributed by atoms with Crippen molar-refractivity contribution in [3.05, 3.63) is 61.5 Å². The number of rotatable bonds is 9. The largest absolute Gasteiger partial charge is 0.416 e. The van der Waals surface area contributed by atoms with Crippen LogP contribution in [0, 0.1) is 5.82 Å². The molecule has 0 saturated carbocycles. The molecule has 0 bridgehead atoms. The molecule has 0 aliphatic heterocycles. The number of hydrogen-bond acceptors (Lipinski definition) is 6. The second-order valence-corrected chi connectivity index (χ2v) is 8.49. The van der Waals surface area contributed by atoms with Gasteiger partial charge in [-0.3, -0.25) is 13.9 Å². The lowest BCUT2D eigenvalue weighted by Gasteiger charge is -2.10. The van der Waals surface area contributed by atoms with Crippen LogP contribution in [0.2, 0.25) is 5.28 Å². The Balaban J connectivity index is 1.45. The second-order valence-electron chi connectivity index (χ2n) is 8.14. The highest BCUT2D eigenvalue weighted by molar-refractivity contribution is 6.28. The fourth-order valence-corrected chi connectivity index (χ4v) is 3.91.